The standard InChI is InChI=1S/C9O9/c10-1-2-4(17-8(13)6(11)15-2)5-3(1)16-7(12)9(14)18-5. The number of ketones is 1. The molecule has 9 heteroatoms. The van der Waals surface area contributed by atoms with Crippen LogP contribution in [0.4, 0.5) is 0 Å². The molecule has 2 heterocycles. The Morgan fingerprint density at radius 2 is 0.722 bits per heavy atom. The van der Waals surface area contributed by atoms with Gasteiger partial charge >= 0.3 is 22.5 Å². The Bertz CT molecular complexity index is 841. The maximum atomic E-state index is 11.6. The number of hydrogen-bond acceptors (Lipinski definition) is 9. The third kappa shape index (κ3) is 1.12. The molecule has 0 N–H and O–H groups in total. The molecule has 0 bridgehead atoms. The maximum absolute atomic E-state index is 11.6. The fourth-order valence-corrected chi connectivity index (χ4v) is 1.42. The van der Waals surface area contributed by atoms with E-state index in [0.29, 0.717) is 0 Å². The zero-order valence-corrected chi connectivity index (χ0v) is 8.17. The second-order valence-electron chi connectivity index (χ2n) is 3.20. The van der Waals surface area contributed by atoms with Crippen LogP contribution in [0.5, 0.6) is 0 Å². The molecule has 0 saturated heterocycles. The number of fused-ring (bicyclic) bond motifs is 3. The highest BCUT2D eigenvalue weighted by atomic mass is 16.5. The molecule has 3 rings (SSSR count). The Labute approximate surface area is 93.9 Å². The van der Waals surface area contributed by atoms with Crippen molar-refractivity contribution >= 4 is 5.78 Å². The third-order valence-electron chi connectivity index (χ3n) is 2.14. The van der Waals surface area contributed by atoms with Gasteiger partial charge in [-0.1, -0.05) is 0 Å². The first-order valence-electron chi connectivity index (χ1n) is 4.40. The van der Waals surface area contributed by atoms with Crippen LogP contribution >= 0.6 is 0 Å². The van der Waals surface area contributed by atoms with Crippen LogP contribution in [-0.2, 0) is 0 Å². The Morgan fingerprint density at radius 3 is 1.06 bits per heavy atom. The predicted molar refractivity (Wildman–Crippen MR) is 49.5 cm³/mol. The van der Waals surface area contributed by atoms with E-state index in [1.54, 1.807) is 0 Å². The van der Waals surface area contributed by atoms with Crippen molar-refractivity contribution in [3.63, 3.8) is 0 Å². The molecule has 0 aliphatic heterocycles. The summed E-state index contributed by atoms with van der Waals surface area (Å²) in [5.41, 5.74) is -5.58. The van der Waals surface area contributed by atoms with E-state index >= 15 is 0 Å². The molecule has 0 radical (unpaired) electrons. The van der Waals surface area contributed by atoms with E-state index in [1.807, 2.05) is 0 Å². The van der Waals surface area contributed by atoms with E-state index in [2.05, 4.69) is 17.7 Å². The van der Waals surface area contributed by atoms with Crippen LogP contribution in [0.15, 0.2) is 36.8 Å². The Hall–Kier alpha value is -2.97. The molecule has 0 amide bonds. The molecule has 9 nitrogen and oxygen atoms in total. The molecule has 0 aromatic carbocycles. The summed E-state index contributed by atoms with van der Waals surface area (Å²) in [5.74, 6) is -3.46. The summed E-state index contributed by atoms with van der Waals surface area (Å²) in [6.45, 7) is 0. The van der Waals surface area contributed by atoms with Crippen LogP contribution in [0.3, 0.4) is 0 Å². The molecule has 0 fully saturated rings. The Kier molecular flexibility index (Phi) is 1.72. The van der Waals surface area contributed by atoms with Gasteiger partial charge in [0, 0.05) is 0 Å². The predicted octanol–water partition coefficient (Wildman–Crippen LogP) is -1.29. The van der Waals surface area contributed by atoms with Gasteiger partial charge in [-0.25, -0.2) is 19.2 Å². The van der Waals surface area contributed by atoms with Crippen LogP contribution in [0.1, 0.15) is 16.3 Å². The van der Waals surface area contributed by atoms with E-state index in [4.69, 9.17) is 0 Å². The molecule has 1 aliphatic rings. The lowest BCUT2D eigenvalue weighted by molar-refractivity contribution is 0.0976. The van der Waals surface area contributed by atoms with Gasteiger partial charge in [0.1, 0.15) is 0 Å². The van der Waals surface area contributed by atoms with Gasteiger partial charge in [0.15, 0.2) is 0 Å². The smallest absolute Gasteiger partial charge is 0.410 e. The number of rotatable bonds is 0. The topological polar surface area (TPSA) is 138 Å². The average molecular weight is 252 g/mol. The normalized spacial score (nSPS) is 12.3. The number of carbonyl (C=O) groups excluding carboxylic acids is 1. The minimum atomic E-state index is -1.40. The molecule has 2 aromatic rings. The van der Waals surface area contributed by atoms with Gasteiger partial charge in [-0.2, -0.15) is 0 Å². The van der Waals surface area contributed by atoms with E-state index in [1.165, 1.54) is 0 Å². The van der Waals surface area contributed by atoms with Gasteiger partial charge in [0.2, 0.25) is 23.0 Å². The Morgan fingerprint density at radius 1 is 0.444 bits per heavy atom. The second kappa shape index (κ2) is 3.03. The summed E-state index contributed by atoms with van der Waals surface area (Å²) < 4.78 is 17.7. The summed E-state index contributed by atoms with van der Waals surface area (Å²) in [4.78, 5) is 55.3. The van der Waals surface area contributed by atoms with Gasteiger partial charge in [0.05, 0.1) is 0 Å². The first kappa shape index (κ1) is 10.2. The average Bonchev–Trinajstić information content (AvgIpc) is 2.56. The monoisotopic (exact) mass is 252 g/mol. The van der Waals surface area contributed by atoms with Gasteiger partial charge in [0.25, 0.3) is 5.78 Å². The maximum Gasteiger partial charge on any atom is 0.423 e. The highest BCUT2D eigenvalue weighted by Crippen LogP contribution is 2.32. The van der Waals surface area contributed by atoms with Gasteiger partial charge in [-0.05, 0) is 0 Å². The molecule has 0 spiro atoms. The zero-order valence-electron chi connectivity index (χ0n) is 8.17. The molecule has 0 saturated carbocycles. The van der Waals surface area contributed by atoms with Crippen molar-refractivity contribution in [2.75, 3.05) is 0 Å². The summed E-state index contributed by atoms with van der Waals surface area (Å²) in [7, 11) is 0. The summed E-state index contributed by atoms with van der Waals surface area (Å²) in [6.07, 6.45) is 0. The zero-order chi connectivity index (χ0) is 13.0. The number of carbonyl (C=O) groups is 1. The molecular weight excluding hydrogens is 252 g/mol. The minimum Gasteiger partial charge on any atom is -0.410 e. The quantitative estimate of drug-likeness (QED) is 0.447. The third-order valence-corrected chi connectivity index (χ3v) is 2.14. The molecule has 18 heavy (non-hydrogen) atoms. The minimum absolute atomic E-state index is 0.555. The number of hydrogen-bond donors (Lipinski definition) is 0. The highest BCUT2D eigenvalue weighted by molar-refractivity contribution is 6.15. The van der Waals surface area contributed by atoms with Crippen molar-refractivity contribution < 1.29 is 22.5 Å². The van der Waals surface area contributed by atoms with E-state index in [0.717, 1.165) is 0 Å². The van der Waals surface area contributed by atoms with Gasteiger partial charge < -0.3 is 17.7 Å². The molecule has 0 unspecified atom stereocenters. The van der Waals surface area contributed by atoms with Crippen molar-refractivity contribution in [1.29, 1.82) is 0 Å². The lowest BCUT2D eigenvalue weighted by atomic mass is 10.3. The SMILES string of the molecule is O=C1c2oc(=O)c(=O)oc2-c2oc(=O)c(=O)oc21. The highest BCUT2D eigenvalue weighted by Gasteiger charge is 2.39. The fourth-order valence-electron chi connectivity index (χ4n) is 1.42. The van der Waals surface area contributed by atoms with Crippen molar-refractivity contribution in [2.45, 2.75) is 0 Å². The van der Waals surface area contributed by atoms with Crippen molar-refractivity contribution in [3.05, 3.63) is 53.2 Å². The lowest BCUT2D eigenvalue weighted by Crippen LogP contribution is -2.23. The van der Waals surface area contributed by atoms with E-state index in [-0.39, 0.29) is 0 Å². The van der Waals surface area contributed by atoms with Crippen LogP contribution in [0.25, 0.3) is 11.5 Å². The summed E-state index contributed by atoms with van der Waals surface area (Å²) in [5, 5.41) is 0. The van der Waals surface area contributed by atoms with E-state index < -0.39 is 51.3 Å². The van der Waals surface area contributed by atoms with Crippen LogP contribution in [0, 0.1) is 0 Å². The second-order valence-corrected chi connectivity index (χ2v) is 3.20. The van der Waals surface area contributed by atoms with E-state index in [9.17, 15) is 24.0 Å². The van der Waals surface area contributed by atoms with Gasteiger partial charge in [-0.3, -0.25) is 4.79 Å². The molecular formula is C9O9. The van der Waals surface area contributed by atoms with Crippen LogP contribution < -0.4 is 22.5 Å². The van der Waals surface area contributed by atoms with Crippen LogP contribution in [0.2, 0.25) is 0 Å². The fraction of sp³-hybridized carbons (Fsp3) is 0. The Balaban J connectivity index is 2.52. The molecule has 0 atom stereocenters. The first-order chi connectivity index (χ1) is 8.49. The molecule has 90 valence electrons. The van der Waals surface area contributed by atoms with Crippen molar-refractivity contribution in [1.82, 2.24) is 0 Å². The lowest BCUT2D eigenvalue weighted by Gasteiger charge is -1.91. The molecule has 1 aliphatic carbocycles. The molecule has 2 aromatic heterocycles. The summed E-state index contributed by atoms with van der Waals surface area (Å²) in [6, 6.07) is 0. The summed E-state index contributed by atoms with van der Waals surface area (Å²) >= 11 is 0. The van der Waals surface area contributed by atoms with Crippen molar-refractivity contribution in [2.24, 2.45) is 0 Å². The largest absolute Gasteiger partial charge is 0.423 e. The first-order valence-corrected chi connectivity index (χ1v) is 4.40. The van der Waals surface area contributed by atoms with Gasteiger partial charge in [-0.15, -0.1) is 0 Å². The van der Waals surface area contributed by atoms with Crippen molar-refractivity contribution in [3.8, 4) is 11.5 Å². The van der Waals surface area contributed by atoms with Crippen LogP contribution in [-0.4, -0.2) is 5.78 Å².